The van der Waals surface area contributed by atoms with Crippen LogP contribution in [0.5, 0.6) is 5.75 Å². The lowest BCUT2D eigenvalue weighted by atomic mass is 9.90. The summed E-state index contributed by atoms with van der Waals surface area (Å²) in [5, 5.41) is 2.40. The number of hydroxylamine groups is 2. The maximum Gasteiger partial charge on any atom is 0.428 e. The molecule has 4 aromatic carbocycles. The van der Waals surface area contributed by atoms with Crippen LogP contribution in [-0.4, -0.2) is 12.1 Å². The van der Waals surface area contributed by atoms with Crippen molar-refractivity contribution in [1.29, 1.82) is 0 Å². The average molecular weight is 604 g/mol. The molecule has 0 radical (unpaired) electrons. The lowest BCUT2D eigenvalue weighted by Gasteiger charge is -2.28. The molecule has 1 amide bonds. The number of halogens is 6. The number of amides is 1. The van der Waals surface area contributed by atoms with Crippen LogP contribution in [0.3, 0.4) is 0 Å². The minimum absolute atomic E-state index is 0.0239. The molecule has 5 rings (SSSR count). The number of hydrogen-bond donors (Lipinski definition) is 3. The smallest absolute Gasteiger partial charge is 0.383 e. The monoisotopic (exact) mass is 603 g/mol. The Kier molecular flexibility index (Phi) is 7.81. The van der Waals surface area contributed by atoms with E-state index >= 15 is 0 Å². The fourth-order valence-corrected chi connectivity index (χ4v) is 4.78. The van der Waals surface area contributed by atoms with Gasteiger partial charge in [0, 0.05) is 22.9 Å². The molecule has 1 heterocycles. The molecule has 210 valence electrons. The molecular weight excluding hydrogens is 585 g/mol. The largest absolute Gasteiger partial charge is 0.428 e. The van der Waals surface area contributed by atoms with E-state index in [4.69, 9.17) is 32.9 Å². The maximum atomic E-state index is 14.4. The van der Waals surface area contributed by atoms with Crippen LogP contribution in [0.15, 0.2) is 97.3 Å². The van der Waals surface area contributed by atoms with Gasteiger partial charge in [0.1, 0.15) is 0 Å². The van der Waals surface area contributed by atoms with E-state index in [1.165, 1.54) is 24.5 Å². The summed E-state index contributed by atoms with van der Waals surface area (Å²) in [7, 11) is 0. The molecule has 1 unspecified atom stereocenters. The number of nitrogens with one attached hydrogen (secondary N) is 3. The second-order valence-electron chi connectivity index (χ2n) is 8.80. The van der Waals surface area contributed by atoms with Gasteiger partial charge in [-0.25, -0.2) is 9.87 Å². The minimum atomic E-state index is -4.98. The summed E-state index contributed by atoms with van der Waals surface area (Å²) in [4.78, 5) is 23.4. The van der Waals surface area contributed by atoms with Gasteiger partial charge in [0.05, 0.1) is 21.9 Å². The number of para-hydroxylation sites is 1. The van der Waals surface area contributed by atoms with Crippen molar-refractivity contribution in [3.8, 4) is 5.75 Å². The first kappa shape index (κ1) is 28.3. The summed E-state index contributed by atoms with van der Waals surface area (Å²) >= 11 is 11.6. The van der Waals surface area contributed by atoms with Gasteiger partial charge >= 0.3 is 6.18 Å². The zero-order chi connectivity index (χ0) is 29.2. The predicted molar refractivity (Wildman–Crippen MR) is 147 cm³/mol. The van der Waals surface area contributed by atoms with Gasteiger partial charge in [0.2, 0.25) is 5.60 Å². The lowest BCUT2D eigenvalue weighted by Crippen LogP contribution is -2.42. The highest BCUT2D eigenvalue weighted by atomic mass is 35.5. The number of alkyl halides is 3. The molecule has 0 fully saturated rings. The average Bonchev–Trinajstić information content (AvgIpc) is 3.42. The molecule has 12 heteroatoms. The maximum absolute atomic E-state index is 14.4. The third-order valence-electron chi connectivity index (χ3n) is 6.25. The third-order valence-corrected chi connectivity index (χ3v) is 6.80. The minimum Gasteiger partial charge on any atom is -0.383 e. The van der Waals surface area contributed by atoms with Gasteiger partial charge in [-0.3, -0.25) is 15.1 Å². The summed E-state index contributed by atoms with van der Waals surface area (Å²) < 4.78 is 57.3. The van der Waals surface area contributed by atoms with Gasteiger partial charge in [0.15, 0.2) is 11.6 Å². The van der Waals surface area contributed by atoms with E-state index in [1.54, 1.807) is 48.5 Å². The first-order valence-corrected chi connectivity index (χ1v) is 12.7. The Morgan fingerprint density at radius 1 is 0.927 bits per heavy atom. The van der Waals surface area contributed by atoms with E-state index in [1.807, 2.05) is 6.07 Å². The molecule has 1 aliphatic heterocycles. The van der Waals surface area contributed by atoms with E-state index in [9.17, 15) is 22.4 Å². The first-order chi connectivity index (χ1) is 19.6. The molecule has 1 atom stereocenters. The Morgan fingerprint density at radius 2 is 1.59 bits per heavy atom. The topological polar surface area (TPSA) is 71.6 Å². The van der Waals surface area contributed by atoms with Crippen molar-refractivity contribution in [2.75, 3.05) is 0 Å². The summed E-state index contributed by atoms with van der Waals surface area (Å²) in [6.45, 7) is 0. The summed E-state index contributed by atoms with van der Waals surface area (Å²) in [6.07, 6.45) is -1.42. The molecule has 0 bridgehead atoms. The fourth-order valence-electron chi connectivity index (χ4n) is 4.30. The summed E-state index contributed by atoms with van der Waals surface area (Å²) in [5.74, 6) is -0.932. The van der Waals surface area contributed by atoms with Gasteiger partial charge in [-0.05, 0) is 47.2 Å². The van der Waals surface area contributed by atoms with Crippen molar-refractivity contribution < 1.29 is 32.0 Å². The normalized spacial score (nSPS) is 16.9. The molecule has 1 aliphatic rings. The number of carbonyl (C=O) groups is 1. The number of hydrogen-bond acceptors (Lipinski definition) is 5. The Labute approximate surface area is 241 Å². The standard InChI is InChI=1S/C29H19Cl2F4N3O3/c30-23-14-17(15-24(31)26(23)32)28(29(33,34)35)16-25(38-41-28)21-10-11-22(20-9-5-4-8-19(20)21)27(39)36-12-13-37-40-18-6-2-1-3-7-18/h1-16,37-38H,(H,36,39). The van der Waals surface area contributed by atoms with Crippen LogP contribution in [0.25, 0.3) is 16.5 Å². The molecule has 0 aliphatic carbocycles. The highest BCUT2D eigenvalue weighted by molar-refractivity contribution is 6.35. The van der Waals surface area contributed by atoms with E-state index in [0.29, 0.717) is 22.1 Å². The van der Waals surface area contributed by atoms with Gasteiger partial charge in [0.25, 0.3) is 5.91 Å². The Bertz CT molecular complexity index is 1660. The first-order valence-electron chi connectivity index (χ1n) is 11.9. The van der Waals surface area contributed by atoms with Crippen LogP contribution in [0.1, 0.15) is 21.5 Å². The molecule has 0 saturated heterocycles. The highest BCUT2D eigenvalue weighted by Gasteiger charge is 2.60. The van der Waals surface area contributed by atoms with E-state index < -0.39 is 39.1 Å². The summed E-state index contributed by atoms with van der Waals surface area (Å²) in [6, 6.07) is 20.3. The van der Waals surface area contributed by atoms with Crippen LogP contribution < -0.4 is 21.1 Å². The molecular formula is C29H19Cl2F4N3O3. The van der Waals surface area contributed by atoms with Gasteiger partial charge in [-0.15, -0.1) is 0 Å². The Morgan fingerprint density at radius 3 is 2.27 bits per heavy atom. The summed E-state index contributed by atoms with van der Waals surface area (Å²) in [5.41, 5.74) is 1.99. The lowest BCUT2D eigenvalue weighted by molar-refractivity contribution is -0.269. The number of fused-ring (bicyclic) bond motifs is 1. The molecule has 0 aromatic heterocycles. The molecule has 3 N–H and O–H groups in total. The Hall–Kier alpha value is -4.25. The predicted octanol–water partition coefficient (Wildman–Crippen LogP) is 7.40. The van der Waals surface area contributed by atoms with Crippen LogP contribution in [0, 0.1) is 5.82 Å². The zero-order valence-corrected chi connectivity index (χ0v) is 22.2. The van der Waals surface area contributed by atoms with Crippen molar-refractivity contribution >= 4 is 45.6 Å². The van der Waals surface area contributed by atoms with E-state index in [2.05, 4.69) is 16.3 Å². The molecule has 0 saturated carbocycles. The number of carbonyl (C=O) groups excluding carboxylic acids is 1. The van der Waals surface area contributed by atoms with Gasteiger partial charge in [-0.1, -0.05) is 71.7 Å². The number of benzene rings is 4. The molecule has 0 spiro atoms. The van der Waals surface area contributed by atoms with Crippen molar-refractivity contribution in [3.05, 3.63) is 130 Å². The van der Waals surface area contributed by atoms with Crippen LogP contribution in [0.4, 0.5) is 17.6 Å². The second-order valence-corrected chi connectivity index (χ2v) is 9.61. The third kappa shape index (κ3) is 5.54. The second kappa shape index (κ2) is 11.3. The van der Waals surface area contributed by atoms with Crippen molar-refractivity contribution in [2.24, 2.45) is 0 Å². The van der Waals surface area contributed by atoms with Gasteiger partial charge < -0.3 is 10.2 Å². The number of rotatable bonds is 7. The SMILES string of the molecule is O=C(NC=CNOc1ccccc1)c1ccc(C2=CC(c3cc(Cl)c(F)c(Cl)c3)(C(F)(F)F)ON2)c2ccccc12. The van der Waals surface area contributed by atoms with Crippen LogP contribution in [-0.2, 0) is 10.4 Å². The van der Waals surface area contributed by atoms with Crippen molar-refractivity contribution in [1.82, 2.24) is 16.3 Å². The highest BCUT2D eigenvalue weighted by Crippen LogP contribution is 2.49. The van der Waals surface area contributed by atoms with E-state index in [0.717, 1.165) is 18.2 Å². The zero-order valence-electron chi connectivity index (χ0n) is 20.7. The molecule has 41 heavy (non-hydrogen) atoms. The van der Waals surface area contributed by atoms with Crippen molar-refractivity contribution in [3.63, 3.8) is 0 Å². The van der Waals surface area contributed by atoms with E-state index in [-0.39, 0.29) is 11.3 Å². The van der Waals surface area contributed by atoms with Crippen LogP contribution in [0.2, 0.25) is 10.0 Å². The molecule has 4 aromatic rings. The van der Waals surface area contributed by atoms with Gasteiger partial charge in [-0.2, -0.15) is 13.2 Å². The fraction of sp³-hybridized carbons (Fsp3) is 0.0690. The Balaban J connectivity index is 1.44. The molecule has 6 nitrogen and oxygen atoms in total. The van der Waals surface area contributed by atoms with Crippen molar-refractivity contribution in [2.45, 2.75) is 11.8 Å². The van der Waals surface area contributed by atoms with Crippen LogP contribution >= 0.6 is 23.2 Å². The quantitative estimate of drug-likeness (QED) is 0.117.